The monoisotopic (exact) mass is 317 g/mol. The maximum absolute atomic E-state index is 6.04. The van der Waals surface area contributed by atoms with E-state index in [0.717, 1.165) is 33.2 Å². The summed E-state index contributed by atoms with van der Waals surface area (Å²) >= 11 is 0. The summed E-state index contributed by atoms with van der Waals surface area (Å²) in [5, 5.41) is 2.07. The molecule has 118 valence electrons. The second kappa shape index (κ2) is 5.58. The van der Waals surface area contributed by atoms with Crippen LogP contribution in [0.2, 0.25) is 0 Å². The summed E-state index contributed by atoms with van der Waals surface area (Å²) in [4.78, 5) is 10.8. The number of hydrazine groups is 1. The van der Waals surface area contributed by atoms with Crippen molar-refractivity contribution in [3.8, 4) is 0 Å². The maximum Gasteiger partial charge on any atom is 0.260 e. The number of aliphatic imine (C=N–C) groups is 1. The van der Waals surface area contributed by atoms with Crippen LogP contribution in [-0.4, -0.2) is 27.3 Å². The Bertz CT molecular complexity index is 1070. The van der Waals surface area contributed by atoms with Gasteiger partial charge in [-0.2, -0.15) is 0 Å². The zero-order chi connectivity index (χ0) is 16.5. The molecule has 0 aliphatic heterocycles. The van der Waals surface area contributed by atoms with E-state index in [1.54, 1.807) is 4.68 Å². The number of rotatable bonds is 3. The Labute approximate surface area is 138 Å². The average Bonchev–Trinajstić information content (AvgIpc) is 3.19. The van der Waals surface area contributed by atoms with E-state index in [-0.39, 0.29) is 5.96 Å². The summed E-state index contributed by atoms with van der Waals surface area (Å²) < 4.78 is 1.60. The molecule has 4 aromatic rings. The number of aromatic nitrogens is 2. The van der Waals surface area contributed by atoms with E-state index in [0.29, 0.717) is 0 Å². The number of nitrogens with two attached hydrogens (primary N) is 1. The number of benzene rings is 2. The van der Waals surface area contributed by atoms with Crippen molar-refractivity contribution in [1.82, 2.24) is 15.4 Å². The lowest BCUT2D eigenvalue weighted by Gasteiger charge is -2.01. The van der Waals surface area contributed by atoms with Gasteiger partial charge in [-0.15, -0.1) is 5.43 Å². The van der Waals surface area contributed by atoms with E-state index in [1.807, 2.05) is 60.9 Å². The number of hydrazone groups is 1. The minimum absolute atomic E-state index is 0.264. The molecule has 5 N–H and O–H groups in total. The molecule has 0 saturated heterocycles. The minimum atomic E-state index is 0.264. The number of H-pyrrole nitrogens is 2. The number of hydrogen-bond acceptors (Lipinski definition) is 1. The molecule has 0 saturated carbocycles. The lowest BCUT2D eigenvalue weighted by molar-refractivity contribution is -0.476. The molecule has 6 nitrogen and oxygen atoms in total. The van der Waals surface area contributed by atoms with Gasteiger partial charge in [0.25, 0.3) is 11.6 Å². The summed E-state index contributed by atoms with van der Waals surface area (Å²) in [6.45, 7) is 4.00. The fraction of sp³-hybridized carbons (Fsp3) is 0. The van der Waals surface area contributed by atoms with Crippen LogP contribution in [-0.2, 0) is 0 Å². The second-order valence-electron chi connectivity index (χ2n) is 5.48. The molecular weight excluding hydrogens is 300 g/mol. The smallest absolute Gasteiger partial charge is 0.260 e. The Morgan fingerprint density at radius 3 is 2.38 bits per heavy atom. The molecule has 0 spiro atoms. The van der Waals surface area contributed by atoms with Gasteiger partial charge in [0, 0.05) is 17.1 Å². The molecule has 0 bridgehead atoms. The normalized spacial score (nSPS) is 11.9. The Hall–Kier alpha value is -3.54. The van der Waals surface area contributed by atoms with Crippen molar-refractivity contribution in [2.75, 3.05) is 0 Å². The summed E-state index contributed by atoms with van der Waals surface area (Å²) in [6.07, 6.45) is 3.71. The van der Waals surface area contributed by atoms with Crippen molar-refractivity contribution >= 4 is 45.9 Å². The largest absolute Gasteiger partial charge is 0.365 e. The quantitative estimate of drug-likeness (QED) is 0.202. The summed E-state index contributed by atoms with van der Waals surface area (Å²) in [5.41, 5.74) is 12.8. The first-order valence-electron chi connectivity index (χ1n) is 7.56. The van der Waals surface area contributed by atoms with Gasteiger partial charge in [-0.1, -0.05) is 35.0 Å². The number of hydrogen-bond donors (Lipinski definition) is 4. The summed E-state index contributed by atoms with van der Waals surface area (Å²) in [6, 6.07) is 15.9. The highest BCUT2D eigenvalue weighted by molar-refractivity contribution is 5.94. The van der Waals surface area contributed by atoms with Crippen LogP contribution in [0.4, 0.5) is 11.4 Å². The SMILES string of the molecule is C=[N+](NC(N)=Nc1c[nH]c2ccccc12)c1c[nH]c2ccccc12. The van der Waals surface area contributed by atoms with Crippen LogP contribution < -0.4 is 11.2 Å². The molecular formula is C18H17N6+. The predicted molar refractivity (Wildman–Crippen MR) is 98.1 cm³/mol. The van der Waals surface area contributed by atoms with Crippen LogP contribution in [0.15, 0.2) is 65.9 Å². The van der Waals surface area contributed by atoms with Crippen LogP contribution in [0, 0.1) is 0 Å². The molecule has 0 aliphatic rings. The minimum Gasteiger partial charge on any atom is -0.365 e. The molecule has 0 atom stereocenters. The molecule has 0 fully saturated rings. The fourth-order valence-electron chi connectivity index (χ4n) is 2.78. The average molecular weight is 317 g/mol. The molecule has 2 aromatic heterocycles. The van der Waals surface area contributed by atoms with E-state index >= 15 is 0 Å². The highest BCUT2D eigenvalue weighted by atomic mass is 15.5. The Kier molecular flexibility index (Phi) is 3.28. The van der Waals surface area contributed by atoms with Crippen molar-refractivity contribution in [1.29, 1.82) is 0 Å². The second-order valence-corrected chi connectivity index (χ2v) is 5.48. The van der Waals surface area contributed by atoms with Crippen LogP contribution in [0.1, 0.15) is 0 Å². The van der Waals surface area contributed by atoms with E-state index < -0.39 is 0 Å². The van der Waals surface area contributed by atoms with Gasteiger partial charge in [0.1, 0.15) is 0 Å². The molecule has 4 rings (SSSR count). The number of nitrogens with one attached hydrogen (secondary N) is 3. The van der Waals surface area contributed by atoms with Gasteiger partial charge in [0.15, 0.2) is 6.72 Å². The van der Waals surface area contributed by atoms with E-state index in [9.17, 15) is 0 Å². The highest BCUT2D eigenvalue weighted by Crippen LogP contribution is 2.26. The first-order valence-corrected chi connectivity index (χ1v) is 7.56. The first-order chi connectivity index (χ1) is 11.7. The van der Waals surface area contributed by atoms with Gasteiger partial charge in [-0.3, -0.25) is 0 Å². The van der Waals surface area contributed by atoms with E-state index in [4.69, 9.17) is 5.73 Å². The van der Waals surface area contributed by atoms with Gasteiger partial charge in [-0.05, 0) is 18.2 Å². The Morgan fingerprint density at radius 1 is 0.958 bits per heavy atom. The van der Waals surface area contributed by atoms with Crippen LogP contribution >= 0.6 is 0 Å². The topological polar surface area (TPSA) is 85.0 Å². The van der Waals surface area contributed by atoms with Crippen LogP contribution in [0.25, 0.3) is 21.8 Å². The number of fused-ring (bicyclic) bond motifs is 2. The van der Waals surface area contributed by atoms with Crippen LogP contribution in [0.3, 0.4) is 0 Å². The molecule has 6 heteroatoms. The fourth-order valence-corrected chi connectivity index (χ4v) is 2.78. The van der Waals surface area contributed by atoms with E-state index in [2.05, 4.69) is 27.1 Å². The Balaban J connectivity index is 1.61. The van der Waals surface area contributed by atoms with Crippen molar-refractivity contribution in [2.45, 2.75) is 0 Å². The molecule has 24 heavy (non-hydrogen) atoms. The number of para-hydroxylation sites is 2. The lowest BCUT2D eigenvalue weighted by atomic mass is 10.2. The third-order valence-electron chi connectivity index (χ3n) is 3.92. The van der Waals surface area contributed by atoms with Gasteiger partial charge < -0.3 is 15.7 Å². The van der Waals surface area contributed by atoms with Gasteiger partial charge in [0.05, 0.1) is 22.8 Å². The number of guanidine groups is 1. The zero-order valence-corrected chi connectivity index (χ0v) is 13.0. The van der Waals surface area contributed by atoms with Crippen molar-refractivity contribution in [3.05, 3.63) is 60.9 Å². The Morgan fingerprint density at radius 2 is 1.58 bits per heavy atom. The number of nitrogens with zero attached hydrogens (tertiary/aromatic N) is 2. The molecule has 2 heterocycles. The maximum atomic E-state index is 6.04. The molecule has 0 amide bonds. The van der Waals surface area contributed by atoms with Crippen molar-refractivity contribution in [3.63, 3.8) is 0 Å². The zero-order valence-electron chi connectivity index (χ0n) is 13.0. The van der Waals surface area contributed by atoms with Crippen LogP contribution in [0.5, 0.6) is 0 Å². The lowest BCUT2D eigenvalue weighted by Crippen LogP contribution is -2.36. The molecule has 0 aliphatic carbocycles. The van der Waals surface area contributed by atoms with Gasteiger partial charge in [0.2, 0.25) is 0 Å². The first kappa shape index (κ1) is 14.1. The highest BCUT2D eigenvalue weighted by Gasteiger charge is 2.14. The van der Waals surface area contributed by atoms with Gasteiger partial charge in [-0.25, -0.2) is 4.99 Å². The van der Waals surface area contributed by atoms with E-state index in [1.165, 1.54) is 0 Å². The summed E-state index contributed by atoms with van der Waals surface area (Å²) in [5.74, 6) is 0.264. The van der Waals surface area contributed by atoms with Crippen molar-refractivity contribution < 1.29 is 4.68 Å². The van der Waals surface area contributed by atoms with Crippen molar-refractivity contribution in [2.24, 2.45) is 10.7 Å². The van der Waals surface area contributed by atoms with Gasteiger partial charge >= 0.3 is 0 Å². The molecule has 0 unspecified atom stereocenters. The third-order valence-corrected chi connectivity index (χ3v) is 3.92. The standard InChI is InChI=1S/C18H17N6/c1-24(17-11-21-15-9-5-3-7-13(15)17)23-18(19)22-16-10-20-14-8-4-2-6-12(14)16/h2-11,20-21H,1H2,(H3,19,22,23)/q+1. The summed E-state index contributed by atoms with van der Waals surface area (Å²) in [7, 11) is 0. The third kappa shape index (κ3) is 2.40. The molecule has 2 aromatic carbocycles. The predicted octanol–water partition coefficient (Wildman–Crippen LogP) is 3.14. The molecule has 0 radical (unpaired) electrons. The number of aromatic amines is 2.